The normalized spacial score (nSPS) is 11.4. The van der Waals surface area contributed by atoms with Crippen molar-refractivity contribution in [1.82, 2.24) is 9.97 Å². The lowest BCUT2D eigenvalue weighted by Gasteiger charge is -2.29. The number of anilines is 1. The lowest BCUT2D eigenvalue weighted by atomic mass is 9.83. The van der Waals surface area contributed by atoms with Crippen molar-refractivity contribution < 1.29 is 10.0 Å². The number of hydrogen-bond acceptors (Lipinski definition) is 6. The summed E-state index contributed by atoms with van der Waals surface area (Å²) in [6, 6.07) is 0. The molecule has 1 aromatic heterocycles. The summed E-state index contributed by atoms with van der Waals surface area (Å²) in [6.45, 7) is 4.30. The van der Waals surface area contributed by atoms with E-state index in [4.69, 9.17) is 11.6 Å². The zero-order valence-corrected chi connectivity index (χ0v) is 11.6. The van der Waals surface area contributed by atoms with Gasteiger partial charge in [0.2, 0.25) is 11.0 Å². The molecule has 1 rings (SSSR count). The minimum absolute atomic E-state index is 0.000384. The van der Waals surface area contributed by atoms with Crippen LogP contribution in [0.4, 0.5) is 11.5 Å². The summed E-state index contributed by atoms with van der Waals surface area (Å²) in [6.07, 6.45) is 2.66. The maximum absolute atomic E-state index is 10.9. The zero-order valence-electron chi connectivity index (χ0n) is 10.9. The molecule has 2 N–H and O–H groups in total. The van der Waals surface area contributed by atoms with Crippen LogP contribution in [0.15, 0.2) is 6.33 Å². The van der Waals surface area contributed by atoms with E-state index in [1.54, 1.807) is 0 Å². The average molecular weight is 289 g/mol. The molecule has 0 aromatic carbocycles. The summed E-state index contributed by atoms with van der Waals surface area (Å²) >= 11 is 5.69. The number of nitrogens with one attached hydrogen (secondary N) is 1. The molecular formula is C11H17ClN4O3. The van der Waals surface area contributed by atoms with E-state index >= 15 is 0 Å². The van der Waals surface area contributed by atoms with Gasteiger partial charge in [0.25, 0.3) is 0 Å². The van der Waals surface area contributed by atoms with Gasteiger partial charge in [-0.25, -0.2) is 9.97 Å². The third-order valence-corrected chi connectivity index (χ3v) is 3.70. The van der Waals surface area contributed by atoms with Crippen molar-refractivity contribution in [3.63, 3.8) is 0 Å². The topological polar surface area (TPSA) is 101 Å². The van der Waals surface area contributed by atoms with Gasteiger partial charge in [-0.2, -0.15) is 0 Å². The number of hydrogen-bond donors (Lipinski definition) is 2. The van der Waals surface area contributed by atoms with Gasteiger partial charge in [-0.3, -0.25) is 10.1 Å². The second-order valence-electron chi connectivity index (χ2n) is 4.34. The molecule has 0 saturated carbocycles. The van der Waals surface area contributed by atoms with Crippen LogP contribution in [-0.2, 0) is 0 Å². The fraction of sp³-hybridized carbons (Fsp3) is 0.636. The highest BCUT2D eigenvalue weighted by Gasteiger charge is 2.28. The van der Waals surface area contributed by atoms with Crippen molar-refractivity contribution in [3.05, 3.63) is 21.6 Å². The zero-order chi connectivity index (χ0) is 14.5. The Morgan fingerprint density at radius 2 is 2.11 bits per heavy atom. The van der Waals surface area contributed by atoms with Gasteiger partial charge in [0, 0.05) is 12.0 Å². The predicted molar refractivity (Wildman–Crippen MR) is 72.3 cm³/mol. The maximum atomic E-state index is 10.9. The maximum Gasteiger partial charge on any atom is 0.348 e. The first-order chi connectivity index (χ1) is 8.99. The van der Waals surface area contributed by atoms with Crippen molar-refractivity contribution in [1.29, 1.82) is 0 Å². The second-order valence-corrected chi connectivity index (χ2v) is 4.70. The smallest absolute Gasteiger partial charge is 0.348 e. The molecule has 0 spiro atoms. The Balaban J connectivity index is 2.95. The Morgan fingerprint density at radius 1 is 1.47 bits per heavy atom. The highest BCUT2D eigenvalue weighted by atomic mass is 35.5. The van der Waals surface area contributed by atoms with Crippen molar-refractivity contribution in [3.8, 4) is 0 Å². The van der Waals surface area contributed by atoms with E-state index in [1.807, 2.05) is 13.8 Å². The van der Waals surface area contributed by atoms with Crippen molar-refractivity contribution in [2.45, 2.75) is 26.7 Å². The van der Waals surface area contributed by atoms with Crippen LogP contribution in [-0.4, -0.2) is 33.1 Å². The average Bonchev–Trinajstić information content (AvgIpc) is 2.40. The first-order valence-electron chi connectivity index (χ1n) is 5.99. The van der Waals surface area contributed by atoms with Crippen molar-refractivity contribution in [2.75, 3.05) is 18.5 Å². The van der Waals surface area contributed by atoms with Gasteiger partial charge in [-0.05, 0) is 12.8 Å². The number of aromatic nitrogens is 2. The Bertz CT molecular complexity index is 443. The van der Waals surface area contributed by atoms with E-state index in [9.17, 15) is 15.2 Å². The molecular weight excluding hydrogens is 272 g/mol. The predicted octanol–water partition coefficient (Wildman–Crippen LogP) is 2.25. The van der Waals surface area contributed by atoms with Crippen LogP contribution in [0.1, 0.15) is 26.7 Å². The van der Waals surface area contributed by atoms with Crippen LogP contribution in [0.25, 0.3) is 0 Å². The molecule has 1 aromatic rings. The molecule has 0 amide bonds. The van der Waals surface area contributed by atoms with E-state index in [-0.39, 0.29) is 28.7 Å². The summed E-state index contributed by atoms with van der Waals surface area (Å²) in [5.74, 6) is 0.0738. The van der Waals surface area contributed by atoms with Gasteiger partial charge in [0.05, 0.1) is 11.5 Å². The number of rotatable bonds is 7. The molecule has 0 atom stereocenters. The van der Waals surface area contributed by atoms with Gasteiger partial charge in [-0.15, -0.1) is 0 Å². The molecule has 0 unspecified atom stereocenters. The number of halogens is 1. The Hall–Kier alpha value is -1.47. The van der Waals surface area contributed by atoms with Crippen LogP contribution >= 0.6 is 11.6 Å². The third kappa shape index (κ3) is 3.51. The monoisotopic (exact) mass is 288 g/mol. The summed E-state index contributed by atoms with van der Waals surface area (Å²) in [5.41, 5.74) is -0.672. The second kappa shape index (κ2) is 6.63. The molecule has 0 radical (unpaired) electrons. The Kier molecular flexibility index (Phi) is 5.44. The van der Waals surface area contributed by atoms with E-state index < -0.39 is 4.92 Å². The molecule has 0 fully saturated rings. The van der Waals surface area contributed by atoms with Gasteiger partial charge in [0.1, 0.15) is 6.33 Å². The van der Waals surface area contributed by atoms with E-state index in [0.29, 0.717) is 6.54 Å². The highest BCUT2D eigenvalue weighted by Crippen LogP contribution is 2.31. The largest absolute Gasteiger partial charge is 0.396 e. The van der Waals surface area contributed by atoms with Crippen LogP contribution in [0, 0.1) is 15.5 Å². The summed E-state index contributed by atoms with van der Waals surface area (Å²) in [5, 5.41) is 23.1. The summed E-state index contributed by atoms with van der Waals surface area (Å²) in [4.78, 5) is 17.7. The quantitative estimate of drug-likeness (QED) is 0.453. The molecule has 0 aliphatic rings. The van der Waals surface area contributed by atoms with Gasteiger partial charge >= 0.3 is 5.69 Å². The molecule has 0 aliphatic heterocycles. The lowest BCUT2D eigenvalue weighted by molar-refractivity contribution is -0.384. The Morgan fingerprint density at radius 3 is 2.58 bits per heavy atom. The van der Waals surface area contributed by atoms with E-state index in [0.717, 1.165) is 19.2 Å². The summed E-state index contributed by atoms with van der Waals surface area (Å²) < 4.78 is 0. The van der Waals surface area contributed by atoms with Gasteiger partial charge in [-0.1, -0.05) is 25.4 Å². The van der Waals surface area contributed by atoms with Crippen LogP contribution in [0.2, 0.25) is 5.15 Å². The molecule has 8 heteroatoms. The minimum atomic E-state index is -0.622. The fourth-order valence-corrected chi connectivity index (χ4v) is 1.90. The number of aliphatic hydroxyl groups excluding tert-OH is 1. The van der Waals surface area contributed by atoms with Gasteiger partial charge < -0.3 is 10.4 Å². The van der Waals surface area contributed by atoms with E-state index in [1.165, 1.54) is 0 Å². The number of nitrogens with zero attached hydrogens (tertiary/aromatic N) is 3. The fourth-order valence-electron chi connectivity index (χ4n) is 1.70. The van der Waals surface area contributed by atoms with E-state index in [2.05, 4.69) is 15.3 Å². The van der Waals surface area contributed by atoms with Crippen LogP contribution < -0.4 is 5.32 Å². The molecule has 0 bridgehead atoms. The Labute approximate surface area is 116 Å². The van der Waals surface area contributed by atoms with Gasteiger partial charge in [0.15, 0.2) is 0 Å². The summed E-state index contributed by atoms with van der Waals surface area (Å²) in [7, 11) is 0. The molecule has 19 heavy (non-hydrogen) atoms. The standard InChI is InChI=1S/C11H17ClN4O3/c1-3-11(4-2,6-17)5-13-10-8(16(18)19)9(12)14-7-15-10/h7,17H,3-6H2,1-2H3,(H,13,14,15). The third-order valence-electron chi connectivity index (χ3n) is 3.43. The van der Waals surface area contributed by atoms with Crippen LogP contribution in [0.3, 0.4) is 0 Å². The molecule has 0 saturated heterocycles. The highest BCUT2D eigenvalue weighted by molar-refractivity contribution is 6.31. The first kappa shape index (κ1) is 15.6. The molecule has 7 nitrogen and oxygen atoms in total. The number of aliphatic hydroxyl groups is 1. The number of nitro groups is 1. The SMILES string of the molecule is CCC(CC)(CO)CNc1ncnc(Cl)c1[N+](=O)[O-]. The minimum Gasteiger partial charge on any atom is -0.396 e. The first-order valence-corrected chi connectivity index (χ1v) is 6.37. The molecule has 1 heterocycles. The lowest BCUT2D eigenvalue weighted by Crippen LogP contribution is -2.32. The van der Waals surface area contributed by atoms with Crippen molar-refractivity contribution in [2.24, 2.45) is 5.41 Å². The van der Waals surface area contributed by atoms with Crippen LogP contribution in [0.5, 0.6) is 0 Å². The molecule has 106 valence electrons. The van der Waals surface area contributed by atoms with Crippen molar-refractivity contribution >= 4 is 23.1 Å². The molecule has 0 aliphatic carbocycles.